The van der Waals surface area contributed by atoms with Crippen molar-refractivity contribution in [1.29, 1.82) is 0 Å². The van der Waals surface area contributed by atoms with Crippen LogP contribution in [-0.2, 0) is 0 Å². The fraction of sp³-hybridized carbons (Fsp3) is 0.643. The topological polar surface area (TPSA) is 78.5 Å². The molecular formula is C14H22N6. The number of hydrogen-bond donors (Lipinski definition) is 3. The molecule has 1 fully saturated rings. The van der Waals surface area contributed by atoms with Crippen molar-refractivity contribution < 1.29 is 0 Å². The molecule has 0 amide bonds. The number of aromatic amines is 1. The van der Waals surface area contributed by atoms with Crippen LogP contribution in [0.15, 0.2) is 6.33 Å². The Bertz CT molecular complexity index is 578. The van der Waals surface area contributed by atoms with Gasteiger partial charge in [-0.1, -0.05) is 19.8 Å². The highest BCUT2D eigenvalue weighted by molar-refractivity contribution is 5.83. The van der Waals surface area contributed by atoms with E-state index in [-0.39, 0.29) is 0 Å². The van der Waals surface area contributed by atoms with Crippen LogP contribution in [-0.4, -0.2) is 33.0 Å². The Labute approximate surface area is 118 Å². The largest absolute Gasteiger partial charge is 0.368 e. The van der Waals surface area contributed by atoms with E-state index in [1.807, 2.05) is 6.92 Å². The molecule has 2 atom stereocenters. The van der Waals surface area contributed by atoms with Gasteiger partial charge in [0.25, 0.3) is 0 Å². The number of fused-ring (bicyclic) bond motifs is 1. The van der Waals surface area contributed by atoms with Gasteiger partial charge >= 0.3 is 0 Å². The van der Waals surface area contributed by atoms with Gasteiger partial charge in [0.05, 0.1) is 6.33 Å². The third-order valence-electron chi connectivity index (χ3n) is 4.19. The number of H-pyrrole nitrogens is 1. The van der Waals surface area contributed by atoms with E-state index in [1.165, 1.54) is 19.3 Å². The van der Waals surface area contributed by atoms with Crippen LogP contribution in [0, 0.1) is 11.8 Å². The molecule has 2 aromatic heterocycles. The molecule has 0 saturated heterocycles. The molecule has 0 bridgehead atoms. The Balaban J connectivity index is 1.80. The third kappa shape index (κ3) is 2.55. The number of imidazole rings is 1. The normalized spacial score (nSPS) is 22.3. The highest BCUT2D eigenvalue weighted by atomic mass is 15.2. The van der Waals surface area contributed by atoms with Crippen LogP contribution in [0.3, 0.4) is 0 Å². The second kappa shape index (κ2) is 5.64. The molecule has 3 rings (SSSR count). The zero-order valence-corrected chi connectivity index (χ0v) is 12.1. The van der Waals surface area contributed by atoms with Crippen LogP contribution in [0.25, 0.3) is 11.2 Å². The van der Waals surface area contributed by atoms with Gasteiger partial charge in [0.1, 0.15) is 5.52 Å². The van der Waals surface area contributed by atoms with Gasteiger partial charge in [-0.15, -0.1) is 0 Å². The summed E-state index contributed by atoms with van der Waals surface area (Å²) in [6, 6.07) is 0. The van der Waals surface area contributed by atoms with E-state index in [4.69, 9.17) is 0 Å². The van der Waals surface area contributed by atoms with Crippen LogP contribution in [0.4, 0.5) is 11.8 Å². The second-order valence-electron chi connectivity index (χ2n) is 5.58. The van der Waals surface area contributed by atoms with Gasteiger partial charge in [0.15, 0.2) is 11.5 Å². The number of nitrogens with one attached hydrogen (secondary N) is 3. The minimum absolute atomic E-state index is 0.633. The lowest BCUT2D eigenvalue weighted by Crippen LogP contribution is -2.17. The molecule has 0 spiro atoms. The molecule has 6 nitrogen and oxygen atoms in total. The van der Waals surface area contributed by atoms with Crippen molar-refractivity contribution in [2.45, 2.75) is 33.1 Å². The average molecular weight is 274 g/mol. The highest BCUT2D eigenvalue weighted by Crippen LogP contribution is 2.31. The van der Waals surface area contributed by atoms with Crippen molar-refractivity contribution in [3.05, 3.63) is 6.33 Å². The van der Waals surface area contributed by atoms with Gasteiger partial charge < -0.3 is 15.6 Å². The van der Waals surface area contributed by atoms with E-state index < -0.39 is 0 Å². The van der Waals surface area contributed by atoms with Crippen molar-refractivity contribution >= 4 is 22.9 Å². The Hall–Kier alpha value is -1.85. The highest BCUT2D eigenvalue weighted by Gasteiger charge is 2.23. The molecule has 1 aliphatic carbocycles. The monoisotopic (exact) mass is 274 g/mol. The summed E-state index contributed by atoms with van der Waals surface area (Å²) in [7, 11) is 0. The first-order valence-electron chi connectivity index (χ1n) is 7.46. The van der Waals surface area contributed by atoms with Crippen LogP contribution in [0.2, 0.25) is 0 Å². The van der Waals surface area contributed by atoms with Crippen LogP contribution in [0.5, 0.6) is 0 Å². The van der Waals surface area contributed by atoms with E-state index in [0.29, 0.717) is 11.6 Å². The summed E-state index contributed by atoms with van der Waals surface area (Å²) in [4.78, 5) is 16.3. The molecule has 0 radical (unpaired) electrons. The lowest BCUT2D eigenvalue weighted by atomic mass is 9.98. The summed E-state index contributed by atoms with van der Waals surface area (Å²) < 4.78 is 0. The molecule has 108 valence electrons. The van der Waals surface area contributed by atoms with Gasteiger partial charge in [-0.2, -0.15) is 9.97 Å². The van der Waals surface area contributed by atoms with E-state index in [1.54, 1.807) is 6.33 Å². The van der Waals surface area contributed by atoms with Gasteiger partial charge in [-0.3, -0.25) is 0 Å². The van der Waals surface area contributed by atoms with E-state index in [9.17, 15) is 0 Å². The SMILES string of the molecule is CCNc1nc(NCC2CCCC2C)c2[nH]cnc2n1. The predicted octanol–water partition coefficient (Wildman–Crippen LogP) is 2.63. The first-order chi connectivity index (χ1) is 9.78. The van der Waals surface area contributed by atoms with Gasteiger partial charge in [-0.05, 0) is 25.2 Å². The molecule has 2 heterocycles. The molecule has 2 unspecified atom stereocenters. The molecule has 6 heteroatoms. The summed E-state index contributed by atoms with van der Waals surface area (Å²) in [6.45, 7) is 6.15. The number of anilines is 2. The summed E-state index contributed by atoms with van der Waals surface area (Å²) in [6.07, 6.45) is 5.67. The van der Waals surface area contributed by atoms with Crippen LogP contribution >= 0.6 is 0 Å². The first kappa shape index (κ1) is 13.1. The van der Waals surface area contributed by atoms with Crippen molar-refractivity contribution in [2.75, 3.05) is 23.7 Å². The third-order valence-corrected chi connectivity index (χ3v) is 4.19. The van der Waals surface area contributed by atoms with E-state index in [2.05, 4.69) is 37.5 Å². The standard InChI is InChI=1S/C14H22N6/c1-3-15-14-19-12(11-13(20-14)18-8-17-11)16-7-10-6-4-5-9(10)2/h8-10H,3-7H2,1-2H3,(H3,15,16,17,18,19,20). The lowest BCUT2D eigenvalue weighted by Gasteiger charge is -2.16. The molecule has 0 aromatic carbocycles. The number of hydrogen-bond acceptors (Lipinski definition) is 5. The van der Waals surface area contributed by atoms with E-state index in [0.717, 1.165) is 36.3 Å². The van der Waals surface area contributed by atoms with Gasteiger partial charge in [0, 0.05) is 13.1 Å². The molecule has 3 N–H and O–H groups in total. The molecule has 0 aliphatic heterocycles. The van der Waals surface area contributed by atoms with Crippen LogP contribution < -0.4 is 10.6 Å². The average Bonchev–Trinajstić information content (AvgIpc) is 3.05. The zero-order valence-electron chi connectivity index (χ0n) is 12.1. The fourth-order valence-electron chi connectivity index (χ4n) is 2.95. The Morgan fingerprint density at radius 2 is 2.20 bits per heavy atom. The fourth-order valence-corrected chi connectivity index (χ4v) is 2.95. The zero-order chi connectivity index (χ0) is 13.9. The Morgan fingerprint density at radius 3 is 2.95 bits per heavy atom. The van der Waals surface area contributed by atoms with Crippen molar-refractivity contribution in [2.24, 2.45) is 11.8 Å². The summed E-state index contributed by atoms with van der Waals surface area (Å²) in [5.41, 5.74) is 1.59. The summed E-state index contributed by atoms with van der Waals surface area (Å²) in [5.74, 6) is 3.02. The van der Waals surface area contributed by atoms with Crippen molar-refractivity contribution in [3.63, 3.8) is 0 Å². The van der Waals surface area contributed by atoms with E-state index >= 15 is 0 Å². The molecule has 20 heavy (non-hydrogen) atoms. The maximum atomic E-state index is 4.54. The molecule has 1 saturated carbocycles. The summed E-state index contributed by atoms with van der Waals surface area (Å²) >= 11 is 0. The maximum absolute atomic E-state index is 4.54. The minimum atomic E-state index is 0.633. The molecule has 1 aliphatic rings. The smallest absolute Gasteiger partial charge is 0.226 e. The molecule has 2 aromatic rings. The quantitative estimate of drug-likeness (QED) is 0.781. The predicted molar refractivity (Wildman–Crippen MR) is 80.8 cm³/mol. The minimum Gasteiger partial charge on any atom is -0.368 e. The van der Waals surface area contributed by atoms with Gasteiger partial charge in [0.2, 0.25) is 5.95 Å². The maximum Gasteiger partial charge on any atom is 0.226 e. The van der Waals surface area contributed by atoms with Crippen molar-refractivity contribution in [3.8, 4) is 0 Å². The van der Waals surface area contributed by atoms with Gasteiger partial charge in [-0.25, -0.2) is 4.98 Å². The first-order valence-corrected chi connectivity index (χ1v) is 7.46. The Kier molecular flexibility index (Phi) is 3.71. The summed E-state index contributed by atoms with van der Waals surface area (Å²) in [5, 5.41) is 6.63. The molecular weight excluding hydrogens is 252 g/mol. The second-order valence-corrected chi connectivity index (χ2v) is 5.58. The lowest BCUT2D eigenvalue weighted by molar-refractivity contribution is 0.439. The Morgan fingerprint density at radius 1 is 1.30 bits per heavy atom. The number of nitrogens with zero attached hydrogens (tertiary/aromatic N) is 3. The number of rotatable bonds is 5. The van der Waals surface area contributed by atoms with Crippen molar-refractivity contribution in [1.82, 2.24) is 19.9 Å². The number of aromatic nitrogens is 4. The van der Waals surface area contributed by atoms with Crippen LogP contribution in [0.1, 0.15) is 33.1 Å².